The van der Waals surface area contributed by atoms with Gasteiger partial charge in [-0.25, -0.2) is 0 Å². The van der Waals surface area contributed by atoms with E-state index in [1.807, 2.05) is 0 Å². The minimum Gasteiger partial charge on any atom is -0.330 e. The van der Waals surface area contributed by atoms with E-state index in [-0.39, 0.29) is 0 Å². The predicted molar refractivity (Wildman–Crippen MR) is 49.4 cm³/mol. The zero-order valence-electron chi connectivity index (χ0n) is 7.90. The quantitative estimate of drug-likeness (QED) is 0.666. The van der Waals surface area contributed by atoms with Crippen LogP contribution in [0.1, 0.15) is 46.0 Å². The number of nitrogens with two attached hydrogens (primary N) is 1. The maximum absolute atomic E-state index is 5.47. The number of hydrogen-bond acceptors (Lipinski definition) is 1. The van der Waals surface area contributed by atoms with Gasteiger partial charge in [0.2, 0.25) is 0 Å². The average Bonchev–Trinajstić information content (AvgIpc) is 2.26. The van der Waals surface area contributed by atoms with Crippen LogP contribution in [0.5, 0.6) is 0 Å². The third-order valence-electron chi connectivity index (χ3n) is 2.89. The van der Waals surface area contributed by atoms with E-state index in [0.29, 0.717) is 5.41 Å². The van der Waals surface area contributed by atoms with Crippen LogP contribution < -0.4 is 5.73 Å². The van der Waals surface area contributed by atoms with Gasteiger partial charge in [0.1, 0.15) is 0 Å². The highest BCUT2D eigenvalue weighted by molar-refractivity contribution is 4.81. The topological polar surface area (TPSA) is 26.0 Å². The highest BCUT2D eigenvalue weighted by atomic mass is 14.5. The van der Waals surface area contributed by atoms with Crippen molar-refractivity contribution in [2.45, 2.75) is 46.0 Å². The Labute approximate surface area is 70.4 Å². The lowest BCUT2D eigenvalue weighted by Gasteiger charge is -2.16. The molecule has 1 nitrogen and oxygen atoms in total. The summed E-state index contributed by atoms with van der Waals surface area (Å²) in [4.78, 5) is 0. The Morgan fingerprint density at radius 1 is 1.45 bits per heavy atom. The van der Waals surface area contributed by atoms with Crippen molar-refractivity contribution in [3.8, 4) is 0 Å². The molecule has 0 aliphatic heterocycles. The van der Waals surface area contributed by atoms with Crippen LogP contribution in [0.25, 0.3) is 0 Å². The lowest BCUT2D eigenvalue weighted by Crippen LogP contribution is -2.06. The molecule has 0 aromatic heterocycles. The van der Waals surface area contributed by atoms with Crippen molar-refractivity contribution in [3.05, 3.63) is 0 Å². The van der Waals surface area contributed by atoms with Crippen molar-refractivity contribution < 1.29 is 0 Å². The van der Waals surface area contributed by atoms with E-state index in [2.05, 4.69) is 13.8 Å². The Morgan fingerprint density at radius 2 is 2.18 bits per heavy atom. The van der Waals surface area contributed by atoms with Crippen LogP contribution in [0.15, 0.2) is 0 Å². The van der Waals surface area contributed by atoms with Crippen molar-refractivity contribution >= 4 is 0 Å². The van der Waals surface area contributed by atoms with Gasteiger partial charge in [0.15, 0.2) is 0 Å². The summed E-state index contributed by atoms with van der Waals surface area (Å²) in [6.45, 7) is 5.64. The Bertz CT molecular complexity index is 118. The first-order valence-corrected chi connectivity index (χ1v) is 4.84. The van der Waals surface area contributed by atoms with Crippen molar-refractivity contribution in [1.82, 2.24) is 0 Å². The van der Waals surface area contributed by atoms with Crippen LogP contribution in [0.2, 0.25) is 0 Å². The van der Waals surface area contributed by atoms with Gasteiger partial charge in [-0.05, 0) is 50.0 Å². The molecule has 1 aliphatic rings. The summed E-state index contributed by atoms with van der Waals surface area (Å²) in [6.07, 6.45) is 6.86. The molecule has 0 heterocycles. The number of hydrogen-bond donors (Lipinski definition) is 1. The third-order valence-corrected chi connectivity index (χ3v) is 2.89. The summed E-state index contributed by atoms with van der Waals surface area (Å²) in [6, 6.07) is 0. The molecule has 0 saturated heterocycles. The monoisotopic (exact) mass is 155 g/mol. The van der Waals surface area contributed by atoms with Crippen LogP contribution in [0.4, 0.5) is 0 Å². The van der Waals surface area contributed by atoms with Gasteiger partial charge in [-0.15, -0.1) is 0 Å². The molecule has 0 amide bonds. The molecule has 0 aromatic carbocycles. The molecule has 1 aliphatic carbocycles. The summed E-state index contributed by atoms with van der Waals surface area (Å²) < 4.78 is 0. The summed E-state index contributed by atoms with van der Waals surface area (Å²) in [5.74, 6) is 0.980. The van der Waals surface area contributed by atoms with Crippen molar-refractivity contribution in [2.75, 3.05) is 6.54 Å². The maximum Gasteiger partial charge on any atom is -0.00772 e. The molecule has 0 spiro atoms. The standard InChI is InChI=1S/C10H21N/c1-10(2)6-5-9(8-10)4-3-7-11/h9H,3-8,11H2,1-2H3/t9-/m1/s1. The molecule has 0 unspecified atom stereocenters. The molecule has 1 heteroatoms. The molecule has 11 heavy (non-hydrogen) atoms. The summed E-state index contributed by atoms with van der Waals surface area (Å²) in [5.41, 5.74) is 6.10. The van der Waals surface area contributed by atoms with Crippen molar-refractivity contribution in [1.29, 1.82) is 0 Å². The summed E-state index contributed by atoms with van der Waals surface area (Å²) in [5, 5.41) is 0. The summed E-state index contributed by atoms with van der Waals surface area (Å²) >= 11 is 0. The predicted octanol–water partition coefficient (Wildman–Crippen LogP) is 2.55. The third kappa shape index (κ3) is 2.82. The van der Waals surface area contributed by atoms with Gasteiger partial charge in [-0.3, -0.25) is 0 Å². The molecule has 1 fully saturated rings. The first kappa shape index (κ1) is 9.05. The molecular weight excluding hydrogens is 134 g/mol. The van der Waals surface area contributed by atoms with Gasteiger partial charge < -0.3 is 5.73 Å². The SMILES string of the molecule is CC1(C)CC[C@@H](CCCN)C1. The average molecular weight is 155 g/mol. The maximum atomic E-state index is 5.47. The molecule has 66 valence electrons. The first-order chi connectivity index (χ1) is 5.14. The van der Waals surface area contributed by atoms with E-state index in [4.69, 9.17) is 5.73 Å². The molecule has 0 aromatic rings. The second-order valence-electron chi connectivity index (χ2n) is 4.70. The van der Waals surface area contributed by atoms with E-state index in [9.17, 15) is 0 Å². The fourth-order valence-electron chi connectivity index (χ4n) is 2.23. The highest BCUT2D eigenvalue weighted by Gasteiger charge is 2.29. The van der Waals surface area contributed by atoms with Gasteiger partial charge >= 0.3 is 0 Å². The van der Waals surface area contributed by atoms with Gasteiger partial charge in [-0.1, -0.05) is 13.8 Å². The van der Waals surface area contributed by atoms with E-state index in [0.717, 1.165) is 12.5 Å². The van der Waals surface area contributed by atoms with Crippen LogP contribution in [-0.4, -0.2) is 6.54 Å². The Morgan fingerprint density at radius 3 is 2.64 bits per heavy atom. The van der Waals surface area contributed by atoms with Gasteiger partial charge in [-0.2, -0.15) is 0 Å². The molecule has 1 atom stereocenters. The highest BCUT2D eigenvalue weighted by Crippen LogP contribution is 2.42. The molecule has 0 radical (unpaired) electrons. The minimum atomic E-state index is 0.624. The van der Waals surface area contributed by atoms with Crippen LogP contribution in [0.3, 0.4) is 0 Å². The van der Waals surface area contributed by atoms with E-state index >= 15 is 0 Å². The lowest BCUT2D eigenvalue weighted by molar-refractivity contribution is 0.352. The first-order valence-electron chi connectivity index (χ1n) is 4.84. The second-order valence-corrected chi connectivity index (χ2v) is 4.70. The van der Waals surface area contributed by atoms with Crippen LogP contribution >= 0.6 is 0 Å². The lowest BCUT2D eigenvalue weighted by atomic mass is 9.89. The molecule has 1 saturated carbocycles. The van der Waals surface area contributed by atoms with Gasteiger partial charge in [0, 0.05) is 0 Å². The molecule has 0 bridgehead atoms. The van der Waals surface area contributed by atoms with E-state index in [1.54, 1.807) is 0 Å². The Balaban J connectivity index is 2.20. The van der Waals surface area contributed by atoms with Gasteiger partial charge in [0.25, 0.3) is 0 Å². The van der Waals surface area contributed by atoms with Crippen molar-refractivity contribution in [2.24, 2.45) is 17.1 Å². The zero-order valence-corrected chi connectivity index (χ0v) is 7.90. The second kappa shape index (κ2) is 3.57. The van der Waals surface area contributed by atoms with Crippen LogP contribution in [0, 0.1) is 11.3 Å². The fourth-order valence-corrected chi connectivity index (χ4v) is 2.23. The van der Waals surface area contributed by atoms with Crippen LogP contribution in [-0.2, 0) is 0 Å². The fraction of sp³-hybridized carbons (Fsp3) is 1.00. The number of rotatable bonds is 3. The zero-order chi connectivity index (χ0) is 8.32. The Kier molecular flexibility index (Phi) is 2.94. The normalized spacial score (nSPS) is 29.2. The van der Waals surface area contributed by atoms with E-state index in [1.165, 1.54) is 32.1 Å². The molecular formula is C10H21N. The van der Waals surface area contributed by atoms with Crippen molar-refractivity contribution in [3.63, 3.8) is 0 Å². The minimum absolute atomic E-state index is 0.624. The molecule has 1 rings (SSSR count). The smallest absolute Gasteiger partial charge is 0.00772 e. The Hall–Kier alpha value is -0.0400. The summed E-state index contributed by atoms with van der Waals surface area (Å²) in [7, 11) is 0. The van der Waals surface area contributed by atoms with E-state index < -0.39 is 0 Å². The largest absolute Gasteiger partial charge is 0.330 e. The van der Waals surface area contributed by atoms with Gasteiger partial charge in [0.05, 0.1) is 0 Å². The molecule has 2 N–H and O–H groups in total.